The Morgan fingerprint density at radius 1 is 0.963 bits per heavy atom. The highest BCUT2D eigenvalue weighted by molar-refractivity contribution is 5.80. The summed E-state index contributed by atoms with van der Waals surface area (Å²) >= 11 is 0. The van der Waals surface area contributed by atoms with Crippen LogP contribution in [-0.2, 0) is 11.2 Å². The maximum Gasteiger partial charge on any atom is 0.251 e. The number of carbonyl (C=O) groups is 1. The largest absolute Gasteiger partial charge is 0.322 e. The number of rotatable bonds is 4. The van der Waals surface area contributed by atoms with E-state index in [0.29, 0.717) is 25.0 Å². The van der Waals surface area contributed by atoms with Gasteiger partial charge in [0.05, 0.1) is 6.04 Å². The maximum atomic E-state index is 12.1. The molecule has 27 heavy (non-hydrogen) atoms. The van der Waals surface area contributed by atoms with Crippen molar-refractivity contribution >= 4 is 16.7 Å². The van der Waals surface area contributed by atoms with E-state index in [1.807, 2.05) is 25.1 Å². The molecule has 3 aromatic rings. The maximum absolute atomic E-state index is 12.1. The number of likely N-dealkylation sites (tertiary alicyclic amines) is 1. The van der Waals surface area contributed by atoms with Crippen molar-refractivity contribution in [2.45, 2.75) is 32.2 Å². The van der Waals surface area contributed by atoms with Gasteiger partial charge < -0.3 is 4.98 Å². The van der Waals surface area contributed by atoms with Gasteiger partial charge in [0, 0.05) is 37.0 Å². The number of fused-ring (bicyclic) bond motifs is 1. The Morgan fingerprint density at radius 2 is 1.70 bits per heavy atom. The van der Waals surface area contributed by atoms with Gasteiger partial charge in [-0.25, -0.2) is 0 Å². The molecule has 0 bridgehead atoms. The van der Waals surface area contributed by atoms with Gasteiger partial charge in [0.15, 0.2) is 0 Å². The number of benzene rings is 2. The first-order valence-corrected chi connectivity index (χ1v) is 9.62. The first-order chi connectivity index (χ1) is 13.2. The predicted molar refractivity (Wildman–Crippen MR) is 108 cm³/mol. The number of nitrogens with one attached hydrogen (secondary N) is 1. The number of H-pyrrole nitrogens is 1. The van der Waals surface area contributed by atoms with Crippen LogP contribution in [0.1, 0.15) is 42.5 Å². The van der Waals surface area contributed by atoms with Gasteiger partial charge in [0.1, 0.15) is 5.78 Å². The number of piperidine rings is 1. The first-order valence-electron chi connectivity index (χ1n) is 9.62. The fourth-order valence-electron chi connectivity index (χ4n) is 3.98. The molecule has 0 aliphatic carbocycles. The lowest BCUT2D eigenvalue weighted by Gasteiger charge is -2.35. The van der Waals surface area contributed by atoms with E-state index >= 15 is 0 Å². The molecule has 2 heterocycles. The Balaban J connectivity index is 1.80. The summed E-state index contributed by atoms with van der Waals surface area (Å²) in [5.74, 6) is 0.349. The monoisotopic (exact) mass is 360 g/mol. The van der Waals surface area contributed by atoms with Crippen molar-refractivity contribution in [2.75, 3.05) is 13.1 Å². The first kappa shape index (κ1) is 17.7. The van der Waals surface area contributed by atoms with Gasteiger partial charge in [-0.1, -0.05) is 43.3 Å². The lowest BCUT2D eigenvalue weighted by molar-refractivity contribution is -0.121. The van der Waals surface area contributed by atoms with E-state index < -0.39 is 0 Å². The highest BCUT2D eigenvalue weighted by atomic mass is 16.1. The summed E-state index contributed by atoms with van der Waals surface area (Å²) in [6, 6.07) is 18.8. The van der Waals surface area contributed by atoms with E-state index in [0.717, 1.165) is 29.6 Å². The zero-order valence-electron chi connectivity index (χ0n) is 15.6. The van der Waals surface area contributed by atoms with E-state index in [4.69, 9.17) is 0 Å². The summed E-state index contributed by atoms with van der Waals surface area (Å²) in [4.78, 5) is 29.2. The summed E-state index contributed by atoms with van der Waals surface area (Å²) < 4.78 is 0. The van der Waals surface area contributed by atoms with Gasteiger partial charge in [-0.3, -0.25) is 14.5 Å². The fraction of sp³-hybridized carbons (Fsp3) is 0.304. The smallest absolute Gasteiger partial charge is 0.251 e. The molecule has 1 aliphatic heterocycles. The summed E-state index contributed by atoms with van der Waals surface area (Å²) in [5.41, 5.74) is 4.08. The van der Waals surface area contributed by atoms with Crippen LogP contribution in [0.2, 0.25) is 0 Å². The average Bonchev–Trinajstić information content (AvgIpc) is 2.70. The topological polar surface area (TPSA) is 53.2 Å². The van der Waals surface area contributed by atoms with Crippen molar-refractivity contribution in [3.8, 4) is 0 Å². The van der Waals surface area contributed by atoms with Crippen molar-refractivity contribution in [2.24, 2.45) is 0 Å². The molecule has 0 saturated carbocycles. The van der Waals surface area contributed by atoms with E-state index in [1.54, 1.807) is 0 Å². The predicted octanol–water partition coefficient (Wildman–Crippen LogP) is 3.84. The summed E-state index contributed by atoms with van der Waals surface area (Å²) in [5, 5.41) is 1.05. The molecule has 1 fully saturated rings. The molecular weight excluding hydrogens is 336 g/mol. The number of nitrogens with zero attached hydrogens (tertiary/aromatic N) is 1. The van der Waals surface area contributed by atoms with Gasteiger partial charge in [-0.15, -0.1) is 0 Å². The second-order valence-corrected chi connectivity index (χ2v) is 7.21. The molecule has 0 spiro atoms. The number of carbonyl (C=O) groups excluding carboxylic acids is 1. The third-order valence-corrected chi connectivity index (χ3v) is 5.48. The van der Waals surface area contributed by atoms with Crippen LogP contribution in [-0.4, -0.2) is 28.8 Å². The van der Waals surface area contributed by atoms with Gasteiger partial charge in [0.25, 0.3) is 5.56 Å². The summed E-state index contributed by atoms with van der Waals surface area (Å²) in [6.07, 6.45) is 1.94. The molecule has 4 rings (SSSR count). The number of Topliss-reactive ketones (excluding diaryl/α,β-unsaturated/α-hetero) is 1. The minimum absolute atomic E-state index is 0.00750. The molecule has 138 valence electrons. The summed E-state index contributed by atoms with van der Waals surface area (Å²) in [6.45, 7) is 3.56. The molecule has 1 saturated heterocycles. The Labute approximate surface area is 158 Å². The van der Waals surface area contributed by atoms with E-state index in [1.165, 1.54) is 11.1 Å². The van der Waals surface area contributed by atoms with Crippen LogP contribution >= 0.6 is 0 Å². The highest BCUT2D eigenvalue weighted by Gasteiger charge is 2.26. The van der Waals surface area contributed by atoms with Crippen molar-refractivity contribution in [1.29, 1.82) is 0 Å². The van der Waals surface area contributed by atoms with Crippen LogP contribution in [0.5, 0.6) is 0 Å². The Bertz CT molecular complexity index is 1010. The summed E-state index contributed by atoms with van der Waals surface area (Å²) in [7, 11) is 0. The molecule has 1 atom stereocenters. The Morgan fingerprint density at radius 3 is 2.41 bits per heavy atom. The van der Waals surface area contributed by atoms with E-state index in [-0.39, 0.29) is 11.6 Å². The molecule has 2 aromatic carbocycles. The number of aromatic nitrogens is 1. The zero-order chi connectivity index (χ0) is 18.8. The van der Waals surface area contributed by atoms with Crippen molar-refractivity contribution in [3.05, 3.63) is 81.6 Å². The zero-order valence-corrected chi connectivity index (χ0v) is 15.6. The van der Waals surface area contributed by atoms with Crippen molar-refractivity contribution in [1.82, 2.24) is 9.88 Å². The fourth-order valence-corrected chi connectivity index (χ4v) is 3.98. The lowest BCUT2D eigenvalue weighted by Crippen LogP contribution is -2.37. The normalized spacial score (nSPS) is 16.6. The molecular formula is C23H24N2O2. The van der Waals surface area contributed by atoms with Gasteiger partial charge in [0.2, 0.25) is 0 Å². The molecule has 4 heteroatoms. The number of ketones is 1. The number of pyridine rings is 1. The van der Waals surface area contributed by atoms with Crippen LogP contribution in [0.15, 0.2) is 59.4 Å². The van der Waals surface area contributed by atoms with Gasteiger partial charge >= 0.3 is 0 Å². The minimum atomic E-state index is -0.00750. The van der Waals surface area contributed by atoms with Crippen LogP contribution < -0.4 is 5.56 Å². The molecule has 0 radical (unpaired) electrons. The van der Waals surface area contributed by atoms with E-state index in [9.17, 15) is 9.59 Å². The lowest BCUT2D eigenvalue weighted by atomic mass is 9.93. The number of hydrogen-bond acceptors (Lipinski definition) is 3. The van der Waals surface area contributed by atoms with Gasteiger partial charge in [-0.05, 0) is 41.1 Å². The minimum Gasteiger partial charge on any atom is -0.322 e. The molecule has 1 N–H and O–H groups in total. The standard InChI is InChI=1S/C23H24N2O2/c1-2-16-14-19-15-18(8-9-21(19)24-23(16)27)22(17-6-4-3-5-7-17)25-12-10-20(26)11-13-25/h3-9,14-15,22H,2,10-13H2,1H3,(H,24,27). The quantitative estimate of drug-likeness (QED) is 0.769. The van der Waals surface area contributed by atoms with Gasteiger partial charge in [-0.2, -0.15) is 0 Å². The third kappa shape index (κ3) is 3.58. The Kier molecular flexibility index (Phi) is 4.90. The number of aromatic amines is 1. The van der Waals surface area contributed by atoms with E-state index in [2.05, 4.69) is 46.3 Å². The van der Waals surface area contributed by atoms with Crippen LogP contribution in [0.4, 0.5) is 0 Å². The molecule has 0 amide bonds. The Hall–Kier alpha value is -2.72. The second-order valence-electron chi connectivity index (χ2n) is 7.21. The molecule has 1 aliphatic rings. The highest BCUT2D eigenvalue weighted by Crippen LogP contribution is 2.32. The van der Waals surface area contributed by atoms with Crippen molar-refractivity contribution in [3.63, 3.8) is 0 Å². The number of hydrogen-bond donors (Lipinski definition) is 1. The van der Waals surface area contributed by atoms with Crippen LogP contribution in [0, 0.1) is 0 Å². The average molecular weight is 360 g/mol. The van der Waals surface area contributed by atoms with Crippen LogP contribution in [0.25, 0.3) is 10.9 Å². The SMILES string of the molecule is CCc1cc2cc(C(c3ccccc3)N3CCC(=O)CC3)ccc2[nH]c1=O. The van der Waals surface area contributed by atoms with Crippen LogP contribution in [0.3, 0.4) is 0 Å². The third-order valence-electron chi connectivity index (χ3n) is 5.48. The molecule has 1 unspecified atom stereocenters. The molecule has 4 nitrogen and oxygen atoms in total. The second kappa shape index (κ2) is 7.49. The molecule has 1 aromatic heterocycles. The number of aryl methyl sites for hydroxylation is 1. The van der Waals surface area contributed by atoms with Crippen molar-refractivity contribution < 1.29 is 4.79 Å².